The van der Waals surface area contributed by atoms with Crippen molar-refractivity contribution in [1.82, 2.24) is 19.5 Å². The zero-order valence-electron chi connectivity index (χ0n) is 27.9. The lowest BCUT2D eigenvalue weighted by Crippen LogP contribution is -2.21. The predicted octanol–water partition coefficient (Wildman–Crippen LogP) is 10.9. The van der Waals surface area contributed by atoms with Crippen LogP contribution in [0.1, 0.15) is 60.4 Å². The highest BCUT2D eigenvalue weighted by Crippen LogP contribution is 2.52. The molecule has 2 aromatic heterocycles. The largest absolute Gasteiger partial charge is 0.278 e. The molecule has 0 N–H and O–H groups in total. The van der Waals surface area contributed by atoms with Gasteiger partial charge in [-0.1, -0.05) is 154 Å². The number of hydrogen-bond acceptors (Lipinski definition) is 3. The molecule has 0 fully saturated rings. The van der Waals surface area contributed by atoms with E-state index in [2.05, 4.69) is 141 Å². The van der Waals surface area contributed by atoms with E-state index in [1.54, 1.807) is 0 Å². The van der Waals surface area contributed by atoms with E-state index in [0.29, 0.717) is 17.6 Å². The molecule has 0 saturated heterocycles. The number of aromatic nitrogens is 4. The Kier molecular flexibility index (Phi) is 6.80. The van der Waals surface area contributed by atoms with Crippen LogP contribution >= 0.6 is 0 Å². The summed E-state index contributed by atoms with van der Waals surface area (Å²) in [6.45, 7) is 7.16. The average molecular weight is 633 g/mol. The molecule has 0 bridgehead atoms. The van der Waals surface area contributed by atoms with E-state index in [1.165, 1.54) is 38.6 Å². The molecule has 2 heterocycles. The van der Waals surface area contributed by atoms with Gasteiger partial charge in [-0.2, -0.15) is 9.97 Å². The summed E-state index contributed by atoms with van der Waals surface area (Å²) < 4.78 is 2.25. The van der Waals surface area contributed by atoms with Crippen molar-refractivity contribution in [2.75, 3.05) is 0 Å². The molecule has 236 valence electrons. The fourth-order valence-corrected chi connectivity index (χ4v) is 8.13. The molecule has 0 radical (unpaired) electrons. The molecule has 9 rings (SSSR count). The zero-order valence-corrected chi connectivity index (χ0v) is 27.9. The van der Waals surface area contributed by atoms with Crippen LogP contribution in [0.4, 0.5) is 0 Å². The molecule has 2 unspecified atom stereocenters. The smallest absolute Gasteiger partial charge is 0.238 e. The minimum atomic E-state index is -0.247. The first-order valence-electron chi connectivity index (χ1n) is 17.1. The second-order valence-electron chi connectivity index (χ2n) is 13.7. The van der Waals surface area contributed by atoms with E-state index in [9.17, 15) is 0 Å². The number of rotatable bonds is 4. The van der Waals surface area contributed by atoms with Gasteiger partial charge in [0, 0.05) is 33.2 Å². The number of fused-ring (bicyclic) bond motifs is 5. The van der Waals surface area contributed by atoms with Crippen molar-refractivity contribution in [3.8, 4) is 28.7 Å². The topological polar surface area (TPSA) is 43.6 Å². The minimum Gasteiger partial charge on any atom is -0.278 e. The Morgan fingerprint density at radius 1 is 0.510 bits per heavy atom. The lowest BCUT2D eigenvalue weighted by atomic mass is 9.75. The van der Waals surface area contributed by atoms with Crippen molar-refractivity contribution in [3.05, 3.63) is 179 Å². The van der Waals surface area contributed by atoms with Gasteiger partial charge in [0.2, 0.25) is 5.95 Å². The Morgan fingerprint density at radius 2 is 1.08 bits per heavy atom. The third-order valence-corrected chi connectivity index (χ3v) is 10.5. The van der Waals surface area contributed by atoms with Gasteiger partial charge in [0.1, 0.15) is 0 Å². The molecule has 2 atom stereocenters. The Balaban J connectivity index is 1.38. The second-order valence-corrected chi connectivity index (χ2v) is 13.7. The summed E-state index contributed by atoms with van der Waals surface area (Å²) in [5.41, 5.74) is 10.7. The summed E-state index contributed by atoms with van der Waals surface area (Å²) in [7, 11) is 0. The number of benzene rings is 6. The fraction of sp³-hybridized carbons (Fsp3) is 0.133. The zero-order chi connectivity index (χ0) is 33.1. The van der Waals surface area contributed by atoms with Gasteiger partial charge in [0.05, 0.1) is 11.0 Å². The Hall–Kier alpha value is -5.87. The molecule has 0 saturated carbocycles. The Bertz CT molecular complexity index is 2420. The summed E-state index contributed by atoms with van der Waals surface area (Å²) in [6.07, 6.45) is 0. The quantitative estimate of drug-likeness (QED) is 0.194. The number of hydrogen-bond donors (Lipinski definition) is 0. The maximum Gasteiger partial charge on any atom is 0.238 e. The molecule has 49 heavy (non-hydrogen) atoms. The van der Waals surface area contributed by atoms with Crippen molar-refractivity contribution in [1.29, 1.82) is 0 Å². The van der Waals surface area contributed by atoms with E-state index in [4.69, 9.17) is 15.0 Å². The van der Waals surface area contributed by atoms with Crippen molar-refractivity contribution in [2.24, 2.45) is 0 Å². The first-order chi connectivity index (χ1) is 24.0. The molecule has 0 amide bonds. The molecular formula is C45H36N4. The van der Waals surface area contributed by atoms with Crippen LogP contribution in [0, 0.1) is 0 Å². The van der Waals surface area contributed by atoms with Crippen LogP contribution in [0.15, 0.2) is 152 Å². The summed E-state index contributed by atoms with van der Waals surface area (Å²) >= 11 is 0. The first-order valence-corrected chi connectivity index (χ1v) is 17.1. The lowest BCUT2D eigenvalue weighted by Gasteiger charge is -2.29. The monoisotopic (exact) mass is 632 g/mol. The van der Waals surface area contributed by atoms with Gasteiger partial charge < -0.3 is 0 Å². The molecule has 0 aliphatic heterocycles. The molecule has 8 aromatic rings. The van der Waals surface area contributed by atoms with Crippen molar-refractivity contribution in [3.63, 3.8) is 0 Å². The highest BCUT2D eigenvalue weighted by molar-refractivity contribution is 6.09. The van der Waals surface area contributed by atoms with Crippen LogP contribution < -0.4 is 0 Å². The highest BCUT2D eigenvalue weighted by Gasteiger charge is 2.39. The van der Waals surface area contributed by atoms with Gasteiger partial charge in [-0.3, -0.25) is 4.57 Å². The SMILES string of the molecule is CC1c2ccccc2C(C)(C)c2cc3c(cc2C1c1ccccc1)c1ccccc1n3-c1nc(-c2ccccc2)nc(-c2ccccc2)n1. The summed E-state index contributed by atoms with van der Waals surface area (Å²) in [5, 5.41) is 2.38. The normalized spacial score (nSPS) is 16.6. The van der Waals surface area contributed by atoms with Crippen molar-refractivity contribution >= 4 is 21.8 Å². The first kappa shape index (κ1) is 29.3. The fourth-order valence-electron chi connectivity index (χ4n) is 8.13. The maximum absolute atomic E-state index is 5.19. The molecule has 4 heteroatoms. The van der Waals surface area contributed by atoms with Crippen LogP contribution in [-0.4, -0.2) is 19.5 Å². The third kappa shape index (κ3) is 4.70. The van der Waals surface area contributed by atoms with E-state index >= 15 is 0 Å². The van der Waals surface area contributed by atoms with Crippen molar-refractivity contribution < 1.29 is 0 Å². The molecule has 0 spiro atoms. The molecule has 1 aliphatic rings. The van der Waals surface area contributed by atoms with Gasteiger partial charge >= 0.3 is 0 Å². The molecule has 1 aliphatic carbocycles. The highest BCUT2D eigenvalue weighted by atomic mass is 15.2. The van der Waals surface area contributed by atoms with Crippen LogP contribution in [-0.2, 0) is 5.41 Å². The predicted molar refractivity (Wildman–Crippen MR) is 200 cm³/mol. The van der Waals surface area contributed by atoms with Gasteiger partial charge in [-0.15, -0.1) is 0 Å². The molecule has 4 nitrogen and oxygen atoms in total. The Labute approximate surface area is 286 Å². The van der Waals surface area contributed by atoms with E-state index in [1.807, 2.05) is 36.4 Å². The molecular weight excluding hydrogens is 597 g/mol. The van der Waals surface area contributed by atoms with Crippen LogP contribution in [0.2, 0.25) is 0 Å². The summed E-state index contributed by atoms with van der Waals surface area (Å²) in [6, 6.07) is 54.0. The number of para-hydroxylation sites is 1. The second kappa shape index (κ2) is 11.4. The summed E-state index contributed by atoms with van der Waals surface area (Å²) in [5.74, 6) is 2.39. The van der Waals surface area contributed by atoms with E-state index in [0.717, 1.165) is 22.2 Å². The standard InChI is InChI=1S/C45H36N4/c1-29-33-23-13-15-25-37(33)45(2,3)38-28-40-35(27-36(38)41(29)30-17-7-4-8-18-30)34-24-14-16-26-39(34)49(40)44-47-42(31-19-9-5-10-20-31)46-43(48-44)32-21-11-6-12-22-32/h4-29,41H,1-3H3. The summed E-state index contributed by atoms with van der Waals surface area (Å²) in [4.78, 5) is 15.4. The van der Waals surface area contributed by atoms with Gasteiger partial charge in [0.25, 0.3) is 0 Å². The van der Waals surface area contributed by atoms with Crippen LogP contribution in [0.5, 0.6) is 0 Å². The average Bonchev–Trinajstić information content (AvgIpc) is 3.46. The van der Waals surface area contributed by atoms with Crippen molar-refractivity contribution in [2.45, 2.75) is 38.0 Å². The van der Waals surface area contributed by atoms with Gasteiger partial charge in [-0.05, 0) is 51.9 Å². The Morgan fingerprint density at radius 3 is 1.76 bits per heavy atom. The van der Waals surface area contributed by atoms with E-state index in [-0.39, 0.29) is 17.3 Å². The number of nitrogens with zero attached hydrogens (tertiary/aromatic N) is 4. The van der Waals surface area contributed by atoms with E-state index < -0.39 is 0 Å². The lowest BCUT2D eigenvalue weighted by molar-refractivity contribution is 0.635. The van der Waals surface area contributed by atoms with Gasteiger partial charge in [-0.25, -0.2) is 4.98 Å². The third-order valence-electron chi connectivity index (χ3n) is 10.5. The van der Waals surface area contributed by atoms with Crippen LogP contribution in [0.3, 0.4) is 0 Å². The van der Waals surface area contributed by atoms with Gasteiger partial charge in [0.15, 0.2) is 11.6 Å². The van der Waals surface area contributed by atoms with Crippen LogP contribution in [0.25, 0.3) is 50.5 Å². The minimum absolute atomic E-state index is 0.192. The maximum atomic E-state index is 5.19. The molecule has 6 aromatic carbocycles.